The van der Waals surface area contributed by atoms with Crippen molar-refractivity contribution < 1.29 is 0 Å². The van der Waals surface area contributed by atoms with Gasteiger partial charge in [-0.05, 0) is 31.7 Å². The fourth-order valence-corrected chi connectivity index (χ4v) is 3.47. The quantitative estimate of drug-likeness (QED) is 0.887. The number of nitrogens with one attached hydrogen (secondary N) is 1. The average Bonchev–Trinajstić information content (AvgIpc) is 2.73. The maximum atomic E-state index is 4.59. The van der Waals surface area contributed by atoms with Crippen molar-refractivity contribution in [2.45, 2.75) is 46.1 Å². The Hall–Kier alpha value is -0.610. The Morgan fingerprint density at radius 3 is 3.06 bits per heavy atom. The van der Waals surface area contributed by atoms with E-state index in [1.165, 1.54) is 48.8 Å². The van der Waals surface area contributed by atoms with E-state index in [2.05, 4.69) is 29.0 Å². The summed E-state index contributed by atoms with van der Waals surface area (Å²) in [6.45, 7) is 8.81. The van der Waals surface area contributed by atoms with Gasteiger partial charge in [-0.3, -0.25) is 0 Å². The Labute approximate surface area is 115 Å². The fraction of sp³-hybridized carbons (Fsp3) is 0.786. The molecule has 1 unspecified atom stereocenters. The molecule has 1 aliphatic rings. The molecular weight excluding hydrogens is 242 g/mol. The topological polar surface area (TPSA) is 28.2 Å². The molecule has 0 amide bonds. The lowest BCUT2D eigenvalue weighted by atomic mass is 9.98. The van der Waals surface area contributed by atoms with Crippen molar-refractivity contribution in [1.82, 2.24) is 10.3 Å². The smallest absolute Gasteiger partial charge is 0.185 e. The van der Waals surface area contributed by atoms with Gasteiger partial charge in [0.05, 0.1) is 0 Å². The van der Waals surface area contributed by atoms with Crippen LogP contribution in [-0.4, -0.2) is 24.6 Å². The number of hydrogen-bond donors (Lipinski definition) is 1. The summed E-state index contributed by atoms with van der Waals surface area (Å²) in [7, 11) is 0. The van der Waals surface area contributed by atoms with E-state index in [4.69, 9.17) is 0 Å². The van der Waals surface area contributed by atoms with Gasteiger partial charge in [-0.25, -0.2) is 4.98 Å². The van der Waals surface area contributed by atoms with Crippen LogP contribution in [0.2, 0.25) is 0 Å². The minimum Gasteiger partial charge on any atom is -0.348 e. The van der Waals surface area contributed by atoms with Crippen LogP contribution in [-0.2, 0) is 6.54 Å². The molecule has 1 saturated heterocycles. The SMILES string of the molecule is CCNCc1cnc(N2CCCC(CC)CC2)s1. The molecule has 2 rings (SSSR count). The van der Waals surface area contributed by atoms with Gasteiger partial charge in [-0.15, -0.1) is 11.3 Å². The first-order valence-corrected chi connectivity index (χ1v) is 8.05. The van der Waals surface area contributed by atoms with E-state index in [1.54, 1.807) is 0 Å². The van der Waals surface area contributed by atoms with Gasteiger partial charge in [0.15, 0.2) is 5.13 Å². The first-order valence-electron chi connectivity index (χ1n) is 7.23. The third kappa shape index (κ3) is 3.69. The third-order valence-corrected chi connectivity index (χ3v) is 4.84. The number of aromatic nitrogens is 1. The summed E-state index contributed by atoms with van der Waals surface area (Å²) >= 11 is 1.85. The first-order chi connectivity index (χ1) is 8.83. The highest BCUT2D eigenvalue weighted by Gasteiger charge is 2.17. The molecule has 1 aromatic rings. The second-order valence-electron chi connectivity index (χ2n) is 5.08. The average molecular weight is 267 g/mol. The predicted octanol–water partition coefficient (Wildman–Crippen LogP) is 3.27. The third-order valence-electron chi connectivity index (χ3n) is 3.79. The molecule has 1 aromatic heterocycles. The van der Waals surface area contributed by atoms with Crippen LogP contribution in [0.15, 0.2) is 6.20 Å². The molecule has 1 aliphatic heterocycles. The fourth-order valence-electron chi connectivity index (χ4n) is 2.54. The van der Waals surface area contributed by atoms with E-state index in [1.807, 2.05) is 17.5 Å². The molecule has 0 spiro atoms. The van der Waals surface area contributed by atoms with Gasteiger partial charge in [-0.1, -0.05) is 20.3 Å². The monoisotopic (exact) mass is 267 g/mol. The van der Waals surface area contributed by atoms with Gasteiger partial charge in [0.25, 0.3) is 0 Å². The summed E-state index contributed by atoms with van der Waals surface area (Å²) in [5, 5.41) is 4.58. The molecule has 2 heterocycles. The van der Waals surface area contributed by atoms with Crippen molar-refractivity contribution in [2.75, 3.05) is 24.5 Å². The standard InChI is InChI=1S/C14H25N3S/c1-3-12-6-5-8-17(9-7-12)14-16-11-13(18-14)10-15-4-2/h11-12,15H,3-10H2,1-2H3. The summed E-state index contributed by atoms with van der Waals surface area (Å²) in [6, 6.07) is 0. The van der Waals surface area contributed by atoms with Gasteiger partial charge in [0, 0.05) is 30.7 Å². The van der Waals surface area contributed by atoms with Crippen LogP contribution in [0, 0.1) is 5.92 Å². The summed E-state index contributed by atoms with van der Waals surface area (Å²) in [4.78, 5) is 8.42. The van der Waals surface area contributed by atoms with Crippen molar-refractivity contribution >= 4 is 16.5 Å². The molecule has 1 N–H and O–H groups in total. The van der Waals surface area contributed by atoms with Crippen LogP contribution < -0.4 is 10.2 Å². The van der Waals surface area contributed by atoms with Crippen LogP contribution in [0.3, 0.4) is 0 Å². The maximum absolute atomic E-state index is 4.59. The van der Waals surface area contributed by atoms with Crippen LogP contribution in [0.5, 0.6) is 0 Å². The molecule has 0 radical (unpaired) electrons. The Bertz CT molecular complexity index is 351. The van der Waals surface area contributed by atoms with Crippen molar-refractivity contribution in [2.24, 2.45) is 5.92 Å². The number of nitrogens with zero attached hydrogens (tertiary/aromatic N) is 2. The molecule has 102 valence electrons. The largest absolute Gasteiger partial charge is 0.348 e. The first kappa shape index (κ1) is 13.8. The highest BCUT2D eigenvalue weighted by Crippen LogP contribution is 2.27. The second kappa shape index (κ2) is 7.10. The van der Waals surface area contributed by atoms with Gasteiger partial charge in [0.2, 0.25) is 0 Å². The number of hydrogen-bond acceptors (Lipinski definition) is 4. The summed E-state index contributed by atoms with van der Waals surface area (Å²) in [6.07, 6.45) is 7.41. The van der Waals surface area contributed by atoms with Gasteiger partial charge in [0.1, 0.15) is 0 Å². The Kier molecular flexibility index (Phi) is 5.45. The minimum atomic E-state index is 0.927. The van der Waals surface area contributed by atoms with Crippen molar-refractivity contribution in [3.8, 4) is 0 Å². The van der Waals surface area contributed by atoms with Crippen molar-refractivity contribution in [3.05, 3.63) is 11.1 Å². The molecule has 1 fully saturated rings. The molecule has 0 bridgehead atoms. The van der Waals surface area contributed by atoms with Crippen molar-refractivity contribution in [3.63, 3.8) is 0 Å². The zero-order valence-electron chi connectivity index (χ0n) is 11.6. The summed E-state index contributed by atoms with van der Waals surface area (Å²) in [5.74, 6) is 0.927. The van der Waals surface area contributed by atoms with Crippen LogP contribution in [0.1, 0.15) is 44.4 Å². The molecule has 0 aromatic carbocycles. The lowest BCUT2D eigenvalue weighted by Crippen LogP contribution is -2.23. The van der Waals surface area contributed by atoms with E-state index in [0.717, 1.165) is 19.0 Å². The lowest BCUT2D eigenvalue weighted by molar-refractivity contribution is 0.459. The van der Waals surface area contributed by atoms with Crippen molar-refractivity contribution in [1.29, 1.82) is 0 Å². The van der Waals surface area contributed by atoms with Gasteiger partial charge >= 0.3 is 0 Å². The van der Waals surface area contributed by atoms with Crippen LogP contribution in [0.25, 0.3) is 0 Å². The molecule has 4 heteroatoms. The lowest BCUT2D eigenvalue weighted by Gasteiger charge is -2.19. The summed E-state index contributed by atoms with van der Waals surface area (Å²) in [5.41, 5.74) is 0. The highest BCUT2D eigenvalue weighted by atomic mass is 32.1. The zero-order chi connectivity index (χ0) is 12.8. The normalized spacial score (nSPS) is 21.0. The summed E-state index contributed by atoms with van der Waals surface area (Å²) < 4.78 is 0. The molecule has 3 nitrogen and oxygen atoms in total. The minimum absolute atomic E-state index is 0.927. The van der Waals surface area contributed by atoms with E-state index >= 15 is 0 Å². The number of thiazole rings is 1. The Morgan fingerprint density at radius 1 is 1.39 bits per heavy atom. The van der Waals surface area contributed by atoms with E-state index in [-0.39, 0.29) is 0 Å². The van der Waals surface area contributed by atoms with Crippen LogP contribution in [0.4, 0.5) is 5.13 Å². The number of anilines is 1. The zero-order valence-corrected chi connectivity index (χ0v) is 12.4. The van der Waals surface area contributed by atoms with E-state index in [9.17, 15) is 0 Å². The maximum Gasteiger partial charge on any atom is 0.185 e. The van der Waals surface area contributed by atoms with Crippen LogP contribution >= 0.6 is 11.3 Å². The van der Waals surface area contributed by atoms with E-state index < -0.39 is 0 Å². The number of rotatable bonds is 5. The molecule has 0 aliphatic carbocycles. The molecule has 0 saturated carbocycles. The predicted molar refractivity (Wildman–Crippen MR) is 79.3 cm³/mol. The molecular formula is C14H25N3S. The molecule has 1 atom stereocenters. The second-order valence-corrected chi connectivity index (χ2v) is 6.18. The highest BCUT2D eigenvalue weighted by molar-refractivity contribution is 7.15. The van der Waals surface area contributed by atoms with Gasteiger partial charge in [-0.2, -0.15) is 0 Å². The van der Waals surface area contributed by atoms with Gasteiger partial charge < -0.3 is 10.2 Å². The van der Waals surface area contributed by atoms with E-state index in [0.29, 0.717) is 0 Å². The Morgan fingerprint density at radius 2 is 2.28 bits per heavy atom. The Balaban J connectivity index is 1.92. The molecule has 18 heavy (non-hydrogen) atoms.